The fourth-order valence-electron chi connectivity index (χ4n) is 0.890. The van der Waals surface area contributed by atoms with Gasteiger partial charge in [0.1, 0.15) is 18.4 Å². The van der Waals surface area contributed by atoms with Crippen LogP contribution in [0.15, 0.2) is 0 Å². The minimum absolute atomic E-state index is 0.152. The van der Waals surface area contributed by atoms with Gasteiger partial charge in [-0.2, -0.15) is 0 Å². The zero-order valence-corrected chi connectivity index (χ0v) is 7.12. The van der Waals surface area contributed by atoms with E-state index in [0.29, 0.717) is 38.5 Å². The van der Waals surface area contributed by atoms with Crippen molar-refractivity contribution in [2.45, 2.75) is 38.5 Å². The second-order valence-corrected chi connectivity index (χ2v) is 2.66. The minimum atomic E-state index is 0.152. The van der Waals surface area contributed by atoms with Gasteiger partial charge in [-0.1, -0.05) is 0 Å². The molecule has 0 fully saturated rings. The molecular formula is C9H14O3. The summed E-state index contributed by atoms with van der Waals surface area (Å²) >= 11 is 0. The molecule has 0 radical (unpaired) electrons. The van der Waals surface area contributed by atoms with E-state index in [9.17, 15) is 14.4 Å². The Hall–Kier alpha value is -0.990. The quantitative estimate of drug-likeness (QED) is 0.407. The summed E-state index contributed by atoms with van der Waals surface area (Å²) in [5.41, 5.74) is 0. The summed E-state index contributed by atoms with van der Waals surface area (Å²) in [6.45, 7) is 0. The Balaban J connectivity index is 3.21. The van der Waals surface area contributed by atoms with Crippen molar-refractivity contribution in [1.29, 1.82) is 0 Å². The van der Waals surface area contributed by atoms with E-state index in [4.69, 9.17) is 0 Å². The lowest BCUT2D eigenvalue weighted by Gasteiger charge is -1.95. The molecule has 3 heteroatoms. The molecular weight excluding hydrogens is 156 g/mol. The first-order valence-corrected chi connectivity index (χ1v) is 4.20. The van der Waals surface area contributed by atoms with Crippen molar-refractivity contribution in [2.24, 2.45) is 0 Å². The zero-order chi connectivity index (χ0) is 9.23. The Morgan fingerprint density at radius 1 is 0.917 bits per heavy atom. The van der Waals surface area contributed by atoms with Gasteiger partial charge < -0.3 is 9.59 Å². The van der Waals surface area contributed by atoms with Gasteiger partial charge in [0, 0.05) is 25.7 Å². The maximum absolute atomic E-state index is 11.0. The Bertz CT molecular complexity index is 136. The van der Waals surface area contributed by atoms with Gasteiger partial charge in [-0.15, -0.1) is 0 Å². The molecule has 0 saturated heterocycles. The summed E-state index contributed by atoms with van der Waals surface area (Å²) in [6, 6.07) is 0. The summed E-state index contributed by atoms with van der Waals surface area (Å²) in [5.74, 6) is 0.152. The fraction of sp³-hybridized carbons (Fsp3) is 0.667. The first-order valence-electron chi connectivity index (χ1n) is 4.20. The van der Waals surface area contributed by atoms with Gasteiger partial charge in [-0.05, 0) is 12.8 Å². The monoisotopic (exact) mass is 170 g/mol. The van der Waals surface area contributed by atoms with E-state index in [-0.39, 0.29) is 5.78 Å². The van der Waals surface area contributed by atoms with Crippen LogP contribution in [0, 0.1) is 0 Å². The molecule has 68 valence electrons. The second-order valence-electron chi connectivity index (χ2n) is 2.66. The fourth-order valence-corrected chi connectivity index (χ4v) is 0.890. The molecule has 0 saturated carbocycles. The highest BCUT2D eigenvalue weighted by Gasteiger charge is 2.00. The molecule has 0 rings (SSSR count). The van der Waals surface area contributed by atoms with Crippen LogP contribution in [0.5, 0.6) is 0 Å². The van der Waals surface area contributed by atoms with Gasteiger partial charge in [0.15, 0.2) is 0 Å². The van der Waals surface area contributed by atoms with Gasteiger partial charge in [0.25, 0.3) is 0 Å². The van der Waals surface area contributed by atoms with Crippen molar-refractivity contribution >= 4 is 18.4 Å². The molecule has 0 bridgehead atoms. The smallest absolute Gasteiger partial charge is 0.132 e. The molecule has 0 aromatic carbocycles. The molecule has 12 heavy (non-hydrogen) atoms. The number of hydrogen-bond donors (Lipinski definition) is 0. The number of rotatable bonds is 8. The molecule has 0 aliphatic heterocycles. The topological polar surface area (TPSA) is 51.2 Å². The van der Waals surface area contributed by atoms with E-state index in [1.54, 1.807) is 0 Å². The summed E-state index contributed by atoms with van der Waals surface area (Å²) in [6.07, 6.45) is 4.78. The van der Waals surface area contributed by atoms with Crippen LogP contribution in [-0.2, 0) is 14.4 Å². The van der Waals surface area contributed by atoms with Crippen LogP contribution in [0.2, 0.25) is 0 Å². The van der Waals surface area contributed by atoms with E-state index >= 15 is 0 Å². The number of ketones is 1. The largest absolute Gasteiger partial charge is 0.303 e. The van der Waals surface area contributed by atoms with Crippen molar-refractivity contribution in [3.8, 4) is 0 Å². The highest BCUT2D eigenvalue weighted by molar-refractivity contribution is 5.78. The van der Waals surface area contributed by atoms with E-state index in [2.05, 4.69) is 0 Å². The maximum atomic E-state index is 11.0. The number of unbranched alkanes of at least 4 members (excludes halogenated alkanes) is 2. The molecule has 0 heterocycles. The lowest BCUT2D eigenvalue weighted by Crippen LogP contribution is -1.97. The zero-order valence-electron chi connectivity index (χ0n) is 7.12. The Labute approximate surface area is 72.1 Å². The lowest BCUT2D eigenvalue weighted by molar-refractivity contribution is -0.119. The predicted molar refractivity (Wildman–Crippen MR) is 44.8 cm³/mol. The number of carbonyl (C=O) groups is 3. The van der Waals surface area contributed by atoms with Gasteiger partial charge in [-0.25, -0.2) is 0 Å². The lowest BCUT2D eigenvalue weighted by atomic mass is 10.1. The molecule has 0 atom stereocenters. The molecule has 0 aromatic rings. The first kappa shape index (κ1) is 11.0. The molecule has 0 aliphatic carbocycles. The standard InChI is InChI=1S/C9H14O3/c10-7-3-1-5-9(12)6-2-4-8-11/h7-8H,1-6H2. The molecule has 0 spiro atoms. The average molecular weight is 170 g/mol. The first-order chi connectivity index (χ1) is 5.81. The van der Waals surface area contributed by atoms with Crippen molar-refractivity contribution < 1.29 is 14.4 Å². The van der Waals surface area contributed by atoms with Crippen LogP contribution in [0.25, 0.3) is 0 Å². The van der Waals surface area contributed by atoms with E-state index in [1.807, 2.05) is 0 Å². The number of Topliss-reactive ketones (excluding diaryl/α,β-unsaturated/α-hetero) is 1. The number of hydrogen-bond acceptors (Lipinski definition) is 3. The van der Waals surface area contributed by atoms with E-state index in [1.165, 1.54) is 0 Å². The van der Waals surface area contributed by atoms with Crippen LogP contribution in [0.4, 0.5) is 0 Å². The highest BCUT2D eigenvalue weighted by atomic mass is 16.1. The normalized spacial score (nSPS) is 9.33. The van der Waals surface area contributed by atoms with Crippen molar-refractivity contribution in [3.63, 3.8) is 0 Å². The summed E-state index contributed by atoms with van der Waals surface area (Å²) in [7, 11) is 0. The van der Waals surface area contributed by atoms with Crippen LogP contribution < -0.4 is 0 Å². The Morgan fingerprint density at radius 2 is 1.33 bits per heavy atom. The third-order valence-corrected chi connectivity index (χ3v) is 1.56. The maximum Gasteiger partial charge on any atom is 0.132 e. The number of aldehydes is 2. The Kier molecular flexibility index (Phi) is 7.44. The molecule has 0 unspecified atom stereocenters. The van der Waals surface area contributed by atoms with Crippen molar-refractivity contribution in [2.75, 3.05) is 0 Å². The number of carbonyl (C=O) groups excluding carboxylic acids is 3. The SMILES string of the molecule is O=CCCCC(=O)CCCC=O. The Morgan fingerprint density at radius 3 is 1.67 bits per heavy atom. The van der Waals surface area contributed by atoms with Crippen LogP contribution in [-0.4, -0.2) is 18.4 Å². The predicted octanol–water partition coefficient (Wildman–Crippen LogP) is 1.29. The molecule has 0 aromatic heterocycles. The average Bonchev–Trinajstić information content (AvgIpc) is 2.06. The van der Waals surface area contributed by atoms with Crippen LogP contribution in [0.1, 0.15) is 38.5 Å². The van der Waals surface area contributed by atoms with Crippen LogP contribution in [0.3, 0.4) is 0 Å². The van der Waals surface area contributed by atoms with Gasteiger partial charge >= 0.3 is 0 Å². The van der Waals surface area contributed by atoms with E-state index in [0.717, 1.165) is 12.6 Å². The second kappa shape index (κ2) is 8.11. The summed E-state index contributed by atoms with van der Waals surface area (Å²) in [4.78, 5) is 30.7. The highest BCUT2D eigenvalue weighted by Crippen LogP contribution is 2.01. The van der Waals surface area contributed by atoms with Gasteiger partial charge in [-0.3, -0.25) is 4.79 Å². The minimum Gasteiger partial charge on any atom is -0.303 e. The van der Waals surface area contributed by atoms with Crippen molar-refractivity contribution in [1.82, 2.24) is 0 Å². The van der Waals surface area contributed by atoms with Crippen LogP contribution >= 0.6 is 0 Å². The third-order valence-electron chi connectivity index (χ3n) is 1.56. The third kappa shape index (κ3) is 7.12. The summed E-state index contributed by atoms with van der Waals surface area (Å²) in [5, 5.41) is 0. The van der Waals surface area contributed by atoms with Crippen molar-refractivity contribution in [3.05, 3.63) is 0 Å². The van der Waals surface area contributed by atoms with Gasteiger partial charge in [0.2, 0.25) is 0 Å². The van der Waals surface area contributed by atoms with Gasteiger partial charge in [0.05, 0.1) is 0 Å². The molecule has 0 amide bonds. The molecule has 3 nitrogen and oxygen atoms in total. The molecule has 0 aliphatic rings. The van der Waals surface area contributed by atoms with E-state index < -0.39 is 0 Å². The molecule has 0 N–H and O–H groups in total. The summed E-state index contributed by atoms with van der Waals surface area (Å²) < 4.78 is 0.